The molecule has 1 amide bonds. The van der Waals surface area contributed by atoms with Gasteiger partial charge in [0.1, 0.15) is 0 Å². The molecule has 0 aliphatic carbocycles. The van der Waals surface area contributed by atoms with E-state index in [4.69, 9.17) is 11.2 Å². The van der Waals surface area contributed by atoms with Gasteiger partial charge in [0.2, 0.25) is 5.91 Å². The van der Waals surface area contributed by atoms with Crippen molar-refractivity contribution in [1.82, 2.24) is 10.6 Å². The predicted molar refractivity (Wildman–Crippen MR) is 55.8 cm³/mol. The molecule has 0 saturated carbocycles. The van der Waals surface area contributed by atoms with Crippen molar-refractivity contribution in [2.24, 2.45) is 0 Å². The normalized spacial score (nSPS) is 11.8. The first-order valence-electron chi connectivity index (χ1n) is 4.67. The maximum Gasteiger partial charge on any atom is 0.234 e. The minimum absolute atomic E-state index is 0.0517. The Balaban J connectivity index is 3.63. The highest BCUT2D eigenvalue weighted by Crippen LogP contribution is 1.90. The molecule has 14 heavy (non-hydrogen) atoms. The monoisotopic (exact) mass is 198 g/mol. The number of hydrogen-bond acceptors (Lipinski definition) is 3. The molecule has 0 heterocycles. The topological polar surface area (TPSA) is 50.4 Å². The number of rotatable bonds is 7. The van der Waals surface area contributed by atoms with E-state index in [1.165, 1.54) is 0 Å². The number of hydrogen-bond donors (Lipinski definition) is 2. The Bertz CT molecular complexity index is 199. The zero-order valence-corrected chi connectivity index (χ0v) is 8.80. The molecule has 1 atom stereocenters. The van der Waals surface area contributed by atoms with E-state index in [9.17, 15) is 4.79 Å². The second kappa shape index (κ2) is 8.54. The van der Waals surface area contributed by atoms with Crippen molar-refractivity contribution < 1.29 is 9.53 Å². The summed E-state index contributed by atoms with van der Waals surface area (Å²) in [5.74, 6) is 2.35. The number of amides is 1. The van der Waals surface area contributed by atoms with Crippen molar-refractivity contribution in [3.63, 3.8) is 0 Å². The van der Waals surface area contributed by atoms with Crippen LogP contribution in [0.5, 0.6) is 0 Å². The first kappa shape index (κ1) is 12.9. The number of methoxy groups -OCH3 is 1. The van der Waals surface area contributed by atoms with Crippen LogP contribution in [0.1, 0.15) is 13.3 Å². The van der Waals surface area contributed by atoms with Crippen LogP contribution in [0, 0.1) is 12.3 Å². The molecule has 0 aromatic carbocycles. The Labute approximate surface area is 85.4 Å². The van der Waals surface area contributed by atoms with Crippen LogP contribution in [0.2, 0.25) is 0 Å². The highest BCUT2D eigenvalue weighted by atomic mass is 16.5. The van der Waals surface area contributed by atoms with Crippen LogP contribution in [-0.4, -0.2) is 38.8 Å². The van der Waals surface area contributed by atoms with Crippen molar-refractivity contribution >= 4 is 5.91 Å². The van der Waals surface area contributed by atoms with Gasteiger partial charge in [-0.15, -0.1) is 6.42 Å². The molecule has 80 valence electrons. The molecular weight excluding hydrogens is 180 g/mol. The fraction of sp³-hybridized carbons (Fsp3) is 0.700. The lowest BCUT2D eigenvalue weighted by atomic mass is 10.2. The van der Waals surface area contributed by atoms with Gasteiger partial charge in [0, 0.05) is 7.11 Å². The standard InChI is InChI=1S/C10H18N2O2/c1-4-6-11-7-10(13)12-9(5-2)8-14-3/h1,9,11H,5-8H2,2-3H3,(H,12,13). The first-order valence-corrected chi connectivity index (χ1v) is 4.67. The van der Waals surface area contributed by atoms with Crippen LogP contribution in [0.15, 0.2) is 0 Å². The summed E-state index contributed by atoms with van der Waals surface area (Å²) < 4.78 is 4.95. The lowest BCUT2D eigenvalue weighted by molar-refractivity contribution is -0.121. The highest BCUT2D eigenvalue weighted by Gasteiger charge is 2.08. The molecule has 0 radical (unpaired) electrons. The molecule has 0 rings (SSSR count). The second-order valence-corrected chi connectivity index (χ2v) is 2.94. The third-order valence-corrected chi connectivity index (χ3v) is 1.74. The number of carbonyl (C=O) groups excluding carboxylic acids is 1. The SMILES string of the molecule is C#CCNCC(=O)NC(CC)COC. The lowest BCUT2D eigenvalue weighted by Crippen LogP contribution is -2.42. The summed E-state index contributed by atoms with van der Waals surface area (Å²) in [7, 11) is 1.62. The van der Waals surface area contributed by atoms with Crippen LogP contribution < -0.4 is 10.6 Å². The van der Waals surface area contributed by atoms with E-state index in [1.807, 2.05) is 6.92 Å². The molecule has 0 aliphatic rings. The minimum atomic E-state index is -0.0517. The highest BCUT2D eigenvalue weighted by molar-refractivity contribution is 5.78. The van der Waals surface area contributed by atoms with Crippen molar-refractivity contribution in [1.29, 1.82) is 0 Å². The summed E-state index contributed by atoms with van der Waals surface area (Å²) >= 11 is 0. The molecule has 2 N–H and O–H groups in total. The molecule has 0 saturated heterocycles. The summed E-state index contributed by atoms with van der Waals surface area (Å²) in [5.41, 5.74) is 0. The van der Waals surface area contributed by atoms with Crippen molar-refractivity contribution in [3.05, 3.63) is 0 Å². The van der Waals surface area contributed by atoms with Gasteiger partial charge in [0.25, 0.3) is 0 Å². The van der Waals surface area contributed by atoms with E-state index >= 15 is 0 Å². The average Bonchev–Trinajstić information content (AvgIpc) is 2.17. The van der Waals surface area contributed by atoms with Crippen molar-refractivity contribution in [3.8, 4) is 12.3 Å². The predicted octanol–water partition coefficient (Wildman–Crippen LogP) is -0.250. The number of carbonyl (C=O) groups is 1. The van der Waals surface area contributed by atoms with E-state index in [0.29, 0.717) is 13.2 Å². The van der Waals surface area contributed by atoms with Crippen LogP contribution in [0.3, 0.4) is 0 Å². The molecule has 0 aromatic heterocycles. The van der Waals surface area contributed by atoms with E-state index < -0.39 is 0 Å². The zero-order valence-electron chi connectivity index (χ0n) is 8.80. The maximum atomic E-state index is 11.3. The second-order valence-electron chi connectivity index (χ2n) is 2.94. The molecule has 0 aliphatic heterocycles. The van der Waals surface area contributed by atoms with E-state index in [1.54, 1.807) is 7.11 Å². The average molecular weight is 198 g/mol. The molecule has 0 fully saturated rings. The fourth-order valence-electron chi connectivity index (χ4n) is 0.990. The van der Waals surface area contributed by atoms with Gasteiger partial charge in [0.05, 0.1) is 25.7 Å². The number of terminal acetylenes is 1. The van der Waals surface area contributed by atoms with Crippen LogP contribution in [0.25, 0.3) is 0 Å². The van der Waals surface area contributed by atoms with E-state index in [2.05, 4.69) is 16.6 Å². The third-order valence-electron chi connectivity index (χ3n) is 1.74. The Morgan fingerprint density at radius 2 is 2.36 bits per heavy atom. The smallest absolute Gasteiger partial charge is 0.234 e. The van der Waals surface area contributed by atoms with Crippen molar-refractivity contribution in [2.45, 2.75) is 19.4 Å². The minimum Gasteiger partial charge on any atom is -0.383 e. The fourth-order valence-corrected chi connectivity index (χ4v) is 0.990. The van der Waals surface area contributed by atoms with E-state index in [-0.39, 0.29) is 18.5 Å². The van der Waals surface area contributed by atoms with Crippen LogP contribution >= 0.6 is 0 Å². The van der Waals surface area contributed by atoms with Gasteiger partial charge in [-0.1, -0.05) is 12.8 Å². The number of nitrogens with one attached hydrogen (secondary N) is 2. The Morgan fingerprint density at radius 1 is 1.64 bits per heavy atom. The van der Waals surface area contributed by atoms with E-state index in [0.717, 1.165) is 6.42 Å². The van der Waals surface area contributed by atoms with Gasteiger partial charge < -0.3 is 10.1 Å². The van der Waals surface area contributed by atoms with Gasteiger partial charge in [0.15, 0.2) is 0 Å². The molecule has 1 unspecified atom stereocenters. The summed E-state index contributed by atoms with van der Waals surface area (Å²) in [6.07, 6.45) is 5.88. The zero-order chi connectivity index (χ0) is 10.8. The van der Waals surface area contributed by atoms with Gasteiger partial charge >= 0.3 is 0 Å². The summed E-state index contributed by atoms with van der Waals surface area (Å²) in [6, 6.07) is 0.0835. The molecule has 4 heteroatoms. The molecule has 4 nitrogen and oxygen atoms in total. The largest absolute Gasteiger partial charge is 0.383 e. The van der Waals surface area contributed by atoms with Gasteiger partial charge in [-0.05, 0) is 6.42 Å². The lowest BCUT2D eigenvalue weighted by Gasteiger charge is -2.15. The van der Waals surface area contributed by atoms with Gasteiger partial charge in [-0.3, -0.25) is 10.1 Å². The maximum absolute atomic E-state index is 11.3. The van der Waals surface area contributed by atoms with Crippen molar-refractivity contribution in [2.75, 3.05) is 26.8 Å². The quantitative estimate of drug-likeness (QED) is 0.438. The summed E-state index contributed by atoms with van der Waals surface area (Å²) in [6.45, 7) is 3.20. The molecule has 0 bridgehead atoms. The summed E-state index contributed by atoms with van der Waals surface area (Å²) in [5, 5.41) is 5.65. The Morgan fingerprint density at radius 3 is 2.86 bits per heavy atom. The molecular formula is C10H18N2O2. The number of ether oxygens (including phenoxy) is 1. The van der Waals surface area contributed by atoms with Crippen LogP contribution in [0.4, 0.5) is 0 Å². The van der Waals surface area contributed by atoms with Crippen LogP contribution in [-0.2, 0) is 9.53 Å². The Hall–Kier alpha value is -1.05. The van der Waals surface area contributed by atoms with Gasteiger partial charge in [-0.25, -0.2) is 0 Å². The molecule has 0 aromatic rings. The molecule has 0 spiro atoms. The Kier molecular flexibility index (Phi) is 7.90. The summed E-state index contributed by atoms with van der Waals surface area (Å²) in [4.78, 5) is 11.3. The first-order chi connectivity index (χ1) is 6.74. The van der Waals surface area contributed by atoms with Gasteiger partial charge in [-0.2, -0.15) is 0 Å². The third kappa shape index (κ3) is 6.46.